The summed E-state index contributed by atoms with van der Waals surface area (Å²) in [6.45, 7) is 8.94. The van der Waals surface area contributed by atoms with Gasteiger partial charge in [0.2, 0.25) is 0 Å². The Kier molecular flexibility index (Phi) is 12.3. The molecule has 0 spiro atoms. The Labute approximate surface area is 371 Å². The highest BCUT2D eigenvalue weighted by molar-refractivity contribution is 6.13. The molecule has 0 atom stereocenters. The van der Waals surface area contributed by atoms with Crippen molar-refractivity contribution in [1.82, 2.24) is 19.5 Å². The van der Waals surface area contributed by atoms with Gasteiger partial charge in [0.1, 0.15) is 0 Å². The van der Waals surface area contributed by atoms with E-state index in [0.29, 0.717) is 17.5 Å². The molecule has 0 saturated carbocycles. The molecule has 9 rings (SSSR count). The lowest BCUT2D eigenvalue weighted by atomic mass is 9.98. The third-order valence-corrected chi connectivity index (χ3v) is 11.6. The second-order valence-electron chi connectivity index (χ2n) is 15.8. The van der Waals surface area contributed by atoms with Gasteiger partial charge in [-0.2, -0.15) is 0 Å². The number of hydrogen-bond acceptors (Lipinski definition) is 4. The van der Waals surface area contributed by atoms with Crippen molar-refractivity contribution in [2.45, 2.75) is 46.0 Å². The minimum Gasteiger partial charge on any atom is -0.312 e. The first-order valence-electron chi connectivity index (χ1n) is 22.0. The van der Waals surface area contributed by atoms with Gasteiger partial charge in [0.25, 0.3) is 0 Å². The van der Waals surface area contributed by atoms with E-state index in [-0.39, 0.29) is 0 Å². The fourth-order valence-corrected chi connectivity index (χ4v) is 8.56. The van der Waals surface area contributed by atoms with Crippen LogP contribution >= 0.6 is 0 Å². The van der Waals surface area contributed by atoms with Gasteiger partial charge in [-0.3, -0.25) is 0 Å². The highest BCUT2D eigenvalue weighted by atomic mass is 15.2. The molecule has 0 unspecified atom stereocenters. The molecule has 0 bridgehead atoms. The van der Waals surface area contributed by atoms with Crippen LogP contribution in [0.15, 0.2) is 218 Å². The van der Waals surface area contributed by atoms with Crippen molar-refractivity contribution in [3.63, 3.8) is 0 Å². The van der Waals surface area contributed by atoms with Crippen LogP contribution in [0.5, 0.6) is 0 Å². The van der Waals surface area contributed by atoms with Gasteiger partial charge in [0, 0.05) is 51.0 Å². The molecule has 3 heterocycles. The largest absolute Gasteiger partial charge is 0.312 e. The van der Waals surface area contributed by atoms with Gasteiger partial charge in [-0.15, -0.1) is 0 Å². The first-order valence-corrected chi connectivity index (χ1v) is 22.0. The number of aromatic nitrogens is 4. The number of benzene rings is 4. The van der Waals surface area contributed by atoms with E-state index in [1.165, 1.54) is 33.4 Å². The zero-order valence-electron chi connectivity index (χ0n) is 36.0. The highest BCUT2D eigenvalue weighted by Crippen LogP contribution is 2.53. The van der Waals surface area contributed by atoms with E-state index in [1.807, 2.05) is 36.4 Å². The van der Waals surface area contributed by atoms with Crippen LogP contribution in [-0.2, 0) is 0 Å². The maximum Gasteiger partial charge on any atom is 0.164 e. The molecule has 0 radical (unpaired) electrons. The zero-order valence-corrected chi connectivity index (χ0v) is 36.0. The summed E-state index contributed by atoms with van der Waals surface area (Å²) in [5.41, 5.74) is 14.4. The Balaban J connectivity index is 1.05. The summed E-state index contributed by atoms with van der Waals surface area (Å²) in [4.78, 5) is 17.1. The van der Waals surface area contributed by atoms with Gasteiger partial charge >= 0.3 is 0 Å². The van der Waals surface area contributed by atoms with E-state index in [4.69, 9.17) is 21.5 Å². The second-order valence-corrected chi connectivity index (χ2v) is 15.8. The minimum absolute atomic E-state index is 0.654. The molecule has 1 aliphatic heterocycles. The summed E-state index contributed by atoms with van der Waals surface area (Å²) >= 11 is 0. The van der Waals surface area contributed by atoms with Gasteiger partial charge in [-0.05, 0) is 93.2 Å². The smallest absolute Gasteiger partial charge is 0.164 e. The van der Waals surface area contributed by atoms with Gasteiger partial charge in [0.15, 0.2) is 17.5 Å². The van der Waals surface area contributed by atoms with E-state index in [0.717, 1.165) is 77.0 Å². The summed E-state index contributed by atoms with van der Waals surface area (Å²) in [6.07, 6.45) is 39.3. The second kappa shape index (κ2) is 19.0. The van der Waals surface area contributed by atoms with Gasteiger partial charge in [-0.25, -0.2) is 15.0 Å². The Hall–Kier alpha value is -7.63. The van der Waals surface area contributed by atoms with Gasteiger partial charge in [-0.1, -0.05) is 164 Å². The van der Waals surface area contributed by atoms with E-state index in [1.54, 1.807) is 0 Å². The van der Waals surface area contributed by atoms with Crippen molar-refractivity contribution in [2.24, 2.45) is 0 Å². The quantitative estimate of drug-likeness (QED) is 0.0701. The van der Waals surface area contributed by atoms with Crippen LogP contribution in [0.4, 0.5) is 11.4 Å². The summed E-state index contributed by atoms with van der Waals surface area (Å²) in [6, 6.07) is 36.4. The standard InChI is InChI=1S/C58H51N5/c1-4-5-6-7-8-16-40-54-59-57(44-28-12-11-13-29-44)61-58(60-54)46-31-18-17-30-45(41-46)42(2)26-25-27-43(3)62-51-37-22-19-34-48(51)55-49-35-20-23-38-52(49)63(47-32-14-9-10-15-33-47)56(55)50-36-21-24-39-53(50)62/h4-5,9-16,18-32,34-41H,3,6-8,17,33H2,1-2H3/b5-4-,27-25-,40-16+,42-26+. The zero-order chi connectivity index (χ0) is 43.0. The summed E-state index contributed by atoms with van der Waals surface area (Å²) in [5.74, 6) is 1.98. The maximum atomic E-state index is 5.00. The summed E-state index contributed by atoms with van der Waals surface area (Å²) in [5, 5.41) is 1.23. The van der Waals surface area contributed by atoms with Crippen molar-refractivity contribution < 1.29 is 0 Å². The van der Waals surface area contributed by atoms with Crippen LogP contribution in [0.1, 0.15) is 57.6 Å². The van der Waals surface area contributed by atoms with E-state index < -0.39 is 0 Å². The van der Waals surface area contributed by atoms with Crippen molar-refractivity contribution in [3.8, 4) is 33.8 Å². The van der Waals surface area contributed by atoms with E-state index in [2.05, 4.69) is 187 Å². The van der Waals surface area contributed by atoms with Crippen molar-refractivity contribution in [1.29, 1.82) is 0 Å². The van der Waals surface area contributed by atoms with Crippen LogP contribution in [0, 0.1) is 0 Å². The predicted molar refractivity (Wildman–Crippen MR) is 267 cm³/mol. The lowest BCUT2D eigenvalue weighted by Gasteiger charge is -2.27. The van der Waals surface area contributed by atoms with Crippen LogP contribution in [-0.4, -0.2) is 19.5 Å². The average molecular weight is 818 g/mol. The molecule has 4 aromatic carbocycles. The monoisotopic (exact) mass is 817 g/mol. The highest BCUT2D eigenvalue weighted by Gasteiger charge is 2.31. The molecule has 0 N–H and O–H groups in total. The number of hydrogen-bond donors (Lipinski definition) is 0. The van der Waals surface area contributed by atoms with E-state index >= 15 is 0 Å². The maximum absolute atomic E-state index is 5.00. The Morgan fingerprint density at radius 2 is 1.51 bits per heavy atom. The predicted octanol–water partition coefficient (Wildman–Crippen LogP) is 15.4. The van der Waals surface area contributed by atoms with Gasteiger partial charge in [0.05, 0.1) is 22.6 Å². The van der Waals surface area contributed by atoms with Crippen LogP contribution in [0.2, 0.25) is 0 Å². The Morgan fingerprint density at radius 3 is 2.37 bits per heavy atom. The van der Waals surface area contributed by atoms with Crippen LogP contribution in [0.3, 0.4) is 0 Å². The molecule has 0 saturated heterocycles. The number of unbranched alkanes of at least 4 members (excludes halogenated alkanes) is 2. The number of allylic oxidation sites excluding steroid dienone is 19. The average Bonchev–Trinajstić information content (AvgIpc) is 3.59. The first-order chi connectivity index (χ1) is 31.1. The Bertz CT molecular complexity index is 3010. The van der Waals surface area contributed by atoms with Crippen LogP contribution < -0.4 is 4.90 Å². The number of anilines is 2. The molecular formula is C58H51N5. The molecule has 5 nitrogen and oxygen atoms in total. The molecule has 2 aromatic heterocycles. The molecular weight excluding hydrogens is 767 g/mol. The molecule has 5 heteroatoms. The third-order valence-electron chi connectivity index (χ3n) is 11.6. The Morgan fingerprint density at radius 1 is 0.762 bits per heavy atom. The lowest BCUT2D eigenvalue weighted by molar-refractivity contribution is 0.868. The number of rotatable bonds is 12. The SMILES string of the molecule is C=C(/C=C\C=C(/C)C1=CCC=CC(c2nc(/C=C/CCC/C=C\C)nc(-c3ccccc3)n2)=C1)N1c2ccccc2-c2c(n(C3=CC=CC=CC3)c3ccccc23)-c2ccccc21. The van der Waals surface area contributed by atoms with Gasteiger partial charge < -0.3 is 9.47 Å². The molecule has 308 valence electrons. The van der Waals surface area contributed by atoms with Crippen molar-refractivity contribution >= 4 is 39.6 Å². The van der Waals surface area contributed by atoms with Crippen LogP contribution in [0.25, 0.3) is 62.0 Å². The number of fused-ring (bicyclic) bond motifs is 7. The molecule has 2 aliphatic carbocycles. The molecule has 0 amide bonds. The topological polar surface area (TPSA) is 46.8 Å². The minimum atomic E-state index is 0.654. The lowest BCUT2D eigenvalue weighted by Crippen LogP contribution is -2.15. The van der Waals surface area contributed by atoms with Crippen molar-refractivity contribution in [3.05, 3.63) is 229 Å². The molecule has 63 heavy (non-hydrogen) atoms. The molecule has 3 aliphatic rings. The fourth-order valence-electron chi connectivity index (χ4n) is 8.56. The number of para-hydroxylation sites is 3. The summed E-state index contributed by atoms with van der Waals surface area (Å²) in [7, 11) is 0. The normalized spacial score (nSPS) is 14.9. The molecule has 6 aromatic rings. The van der Waals surface area contributed by atoms with E-state index in [9.17, 15) is 0 Å². The molecule has 0 fully saturated rings. The number of nitrogens with zero attached hydrogens (tertiary/aromatic N) is 5. The third kappa shape index (κ3) is 8.64. The first kappa shape index (κ1) is 40.8. The fraction of sp³-hybridized carbons (Fsp3) is 0.121. The van der Waals surface area contributed by atoms with Crippen molar-refractivity contribution in [2.75, 3.05) is 4.90 Å². The summed E-state index contributed by atoms with van der Waals surface area (Å²) < 4.78 is 2.47.